The zero-order chi connectivity index (χ0) is 14.3. The molecular weight excluding hydrogens is 262 g/mol. The van der Waals surface area contributed by atoms with Crippen LogP contribution in [0.25, 0.3) is 0 Å². The van der Waals surface area contributed by atoms with E-state index in [9.17, 15) is 18.8 Å². The minimum atomic E-state index is -1.05. The Kier molecular flexibility index (Phi) is 2.72. The summed E-state index contributed by atoms with van der Waals surface area (Å²) in [6.07, 6.45) is 0. The van der Waals surface area contributed by atoms with Crippen molar-refractivity contribution in [1.29, 1.82) is 5.26 Å². The molecule has 3 rings (SSSR count). The van der Waals surface area contributed by atoms with Gasteiger partial charge in [0.25, 0.3) is 5.91 Å². The molecule has 20 heavy (non-hydrogen) atoms. The Morgan fingerprint density at radius 2 is 1.85 bits per heavy atom. The number of carbonyl (C=O) groups excluding carboxylic acids is 1. The second kappa shape index (κ2) is 4.42. The van der Waals surface area contributed by atoms with Crippen LogP contribution in [0.1, 0.15) is 22.0 Å². The molecule has 0 fully saturated rings. The zero-order valence-corrected chi connectivity index (χ0v) is 10.2. The molecule has 1 heterocycles. The fraction of sp³-hybridized carbons (Fsp3) is 0.0667. The summed E-state index contributed by atoms with van der Waals surface area (Å²) in [7, 11) is 0. The van der Waals surface area contributed by atoms with Crippen LogP contribution in [-0.2, 0) is 0 Å². The van der Waals surface area contributed by atoms with Crippen LogP contribution in [0, 0.1) is 23.0 Å². The number of hydrogen-bond donors (Lipinski definition) is 0. The van der Waals surface area contributed by atoms with Crippen LogP contribution in [0.15, 0.2) is 42.5 Å². The standard InChI is InChI=1S/C15H8F2N2O/c16-12-6-5-9(7-13(12)17)19-14(8-18)10-3-1-2-4-11(10)15(19)20/h1-7,14H. The van der Waals surface area contributed by atoms with Crippen molar-refractivity contribution >= 4 is 11.6 Å². The summed E-state index contributed by atoms with van der Waals surface area (Å²) in [4.78, 5) is 13.5. The van der Waals surface area contributed by atoms with Gasteiger partial charge in [0.05, 0.1) is 6.07 Å². The molecule has 2 aromatic carbocycles. The Hall–Kier alpha value is -2.74. The van der Waals surface area contributed by atoms with Crippen molar-refractivity contribution in [3.8, 4) is 6.07 Å². The van der Waals surface area contributed by atoms with Gasteiger partial charge in [0, 0.05) is 22.9 Å². The lowest BCUT2D eigenvalue weighted by molar-refractivity contribution is 0.0994. The van der Waals surface area contributed by atoms with E-state index in [1.165, 1.54) is 11.0 Å². The van der Waals surface area contributed by atoms with Crippen molar-refractivity contribution in [3.05, 3.63) is 65.2 Å². The van der Waals surface area contributed by atoms with Gasteiger partial charge in [0.2, 0.25) is 0 Å². The summed E-state index contributed by atoms with van der Waals surface area (Å²) >= 11 is 0. The Bertz CT molecular complexity index is 752. The minimum Gasteiger partial charge on any atom is -0.288 e. The van der Waals surface area contributed by atoms with E-state index in [0.29, 0.717) is 11.1 Å². The van der Waals surface area contributed by atoms with Gasteiger partial charge in [0.1, 0.15) is 0 Å². The van der Waals surface area contributed by atoms with Crippen molar-refractivity contribution < 1.29 is 13.6 Å². The summed E-state index contributed by atoms with van der Waals surface area (Å²) in [5, 5.41) is 9.27. The molecule has 2 aromatic rings. The average molecular weight is 270 g/mol. The molecule has 0 aliphatic carbocycles. The lowest BCUT2D eigenvalue weighted by Crippen LogP contribution is -2.27. The van der Waals surface area contributed by atoms with Gasteiger partial charge in [0.15, 0.2) is 17.7 Å². The van der Waals surface area contributed by atoms with Crippen LogP contribution in [-0.4, -0.2) is 5.91 Å². The molecule has 0 saturated carbocycles. The van der Waals surface area contributed by atoms with E-state index in [2.05, 4.69) is 0 Å². The first kappa shape index (κ1) is 12.3. The van der Waals surface area contributed by atoms with Gasteiger partial charge in [-0.25, -0.2) is 8.78 Å². The minimum absolute atomic E-state index is 0.164. The third-order valence-electron chi connectivity index (χ3n) is 3.27. The monoisotopic (exact) mass is 270 g/mol. The lowest BCUT2D eigenvalue weighted by atomic mass is 10.1. The smallest absolute Gasteiger partial charge is 0.260 e. The predicted octanol–water partition coefficient (Wildman–Crippen LogP) is 3.19. The molecule has 1 atom stereocenters. The highest BCUT2D eigenvalue weighted by molar-refractivity contribution is 6.11. The number of anilines is 1. The highest BCUT2D eigenvalue weighted by Crippen LogP contribution is 2.37. The molecule has 0 radical (unpaired) electrons. The van der Waals surface area contributed by atoms with Gasteiger partial charge in [-0.2, -0.15) is 5.26 Å². The Morgan fingerprint density at radius 1 is 1.10 bits per heavy atom. The number of amides is 1. The molecule has 3 nitrogen and oxygen atoms in total. The first-order valence-corrected chi connectivity index (χ1v) is 5.90. The van der Waals surface area contributed by atoms with Gasteiger partial charge >= 0.3 is 0 Å². The van der Waals surface area contributed by atoms with Gasteiger partial charge in [-0.3, -0.25) is 9.69 Å². The van der Waals surface area contributed by atoms with Gasteiger partial charge in [-0.1, -0.05) is 18.2 Å². The summed E-state index contributed by atoms with van der Waals surface area (Å²) in [5.41, 5.74) is 1.14. The number of hydrogen-bond acceptors (Lipinski definition) is 2. The number of nitrogens with zero attached hydrogens (tertiary/aromatic N) is 2. The highest BCUT2D eigenvalue weighted by atomic mass is 19.2. The van der Waals surface area contributed by atoms with E-state index >= 15 is 0 Å². The highest BCUT2D eigenvalue weighted by Gasteiger charge is 2.37. The summed E-state index contributed by atoms with van der Waals surface area (Å²) < 4.78 is 26.3. The molecule has 0 N–H and O–H groups in total. The van der Waals surface area contributed by atoms with Crippen molar-refractivity contribution in [2.75, 3.05) is 4.90 Å². The van der Waals surface area contributed by atoms with Crippen molar-refractivity contribution in [2.45, 2.75) is 6.04 Å². The molecule has 0 aromatic heterocycles. The molecule has 98 valence electrons. The molecule has 0 spiro atoms. The quantitative estimate of drug-likeness (QED) is 0.798. The Labute approximate surface area is 113 Å². The summed E-state index contributed by atoms with van der Waals surface area (Å²) in [5.74, 6) is -2.44. The SMILES string of the molecule is N#CC1c2ccccc2C(=O)N1c1ccc(F)c(F)c1. The normalized spacial score (nSPS) is 16.9. The van der Waals surface area contributed by atoms with E-state index < -0.39 is 23.6 Å². The van der Waals surface area contributed by atoms with Gasteiger partial charge in [-0.05, 0) is 18.2 Å². The molecule has 1 aliphatic heterocycles. The maximum absolute atomic E-state index is 13.3. The fourth-order valence-corrected chi connectivity index (χ4v) is 2.34. The number of halogens is 2. The van der Waals surface area contributed by atoms with Crippen LogP contribution in [0.3, 0.4) is 0 Å². The van der Waals surface area contributed by atoms with Gasteiger partial charge < -0.3 is 0 Å². The van der Waals surface area contributed by atoms with Crippen LogP contribution in [0.2, 0.25) is 0 Å². The topological polar surface area (TPSA) is 44.1 Å². The number of rotatable bonds is 1. The van der Waals surface area contributed by atoms with Crippen molar-refractivity contribution in [3.63, 3.8) is 0 Å². The lowest BCUT2D eigenvalue weighted by Gasteiger charge is -2.20. The van der Waals surface area contributed by atoms with Crippen LogP contribution < -0.4 is 4.90 Å². The van der Waals surface area contributed by atoms with E-state index in [1.54, 1.807) is 24.3 Å². The second-order valence-electron chi connectivity index (χ2n) is 4.39. The third kappa shape index (κ3) is 1.66. The maximum Gasteiger partial charge on any atom is 0.260 e. The molecule has 1 amide bonds. The molecule has 5 heteroatoms. The van der Waals surface area contributed by atoms with Crippen LogP contribution in [0.4, 0.5) is 14.5 Å². The molecule has 0 bridgehead atoms. The predicted molar refractivity (Wildman–Crippen MR) is 68.0 cm³/mol. The molecular formula is C15H8F2N2O. The van der Waals surface area contributed by atoms with E-state index in [-0.39, 0.29) is 5.69 Å². The number of carbonyl (C=O) groups is 1. The second-order valence-corrected chi connectivity index (χ2v) is 4.39. The van der Waals surface area contributed by atoms with Crippen molar-refractivity contribution in [1.82, 2.24) is 0 Å². The Balaban J connectivity index is 2.13. The maximum atomic E-state index is 13.3. The van der Waals surface area contributed by atoms with Crippen molar-refractivity contribution in [2.24, 2.45) is 0 Å². The number of benzene rings is 2. The largest absolute Gasteiger partial charge is 0.288 e. The van der Waals surface area contributed by atoms with Gasteiger partial charge in [-0.15, -0.1) is 0 Å². The van der Waals surface area contributed by atoms with Crippen LogP contribution >= 0.6 is 0 Å². The van der Waals surface area contributed by atoms with Crippen LogP contribution in [0.5, 0.6) is 0 Å². The number of nitriles is 1. The number of fused-ring (bicyclic) bond motifs is 1. The first-order valence-electron chi connectivity index (χ1n) is 5.90. The molecule has 0 saturated heterocycles. The molecule has 1 aliphatic rings. The summed E-state index contributed by atoms with van der Waals surface area (Å²) in [6.45, 7) is 0. The Morgan fingerprint density at radius 3 is 2.55 bits per heavy atom. The van der Waals surface area contributed by atoms with E-state index in [0.717, 1.165) is 12.1 Å². The third-order valence-corrected chi connectivity index (χ3v) is 3.27. The zero-order valence-electron chi connectivity index (χ0n) is 10.2. The fourth-order valence-electron chi connectivity index (χ4n) is 2.34. The van der Waals surface area contributed by atoms with E-state index in [4.69, 9.17) is 0 Å². The average Bonchev–Trinajstić information content (AvgIpc) is 2.75. The van der Waals surface area contributed by atoms with E-state index in [1.807, 2.05) is 6.07 Å². The first-order chi connectivity index (χ1) is 9.63. The molecule has 1 unspecified atom stereocenters. The summed E-state index contributed by atoms with van der Waals surface area (Å²) in [6, 6.07) is 11.1.